The van der Waals surface area contributed by atoms with Gasteiger partial charge in [0.25, 0.3) is 0 Å². The van der Waals surface area contributed by atoms with E-state index in [9.17, 15) is 4.79 Å². The van der Waals surface area contributed by atoms with Crippen molar-refractivity contribution in [3.8, 4) is 11.5 Å². The van der Waals surface area contributed by atoms with Gasteiger partial charge >= 0.3 is 0 Å². The minimum atomic E-state index is 0.192. The molecule has 120 valence electrons. The first-order valence-electron chi connectivity index (χ1n) is 8.07. The number of carbonyl (C=O) groups excluding carboxylic acids is 1. The summed E-state index contributed by atoms with van der Waals surface area (Å²) in [6.45, 7) is 5.44. The monoisotopic (exact) mass is 303 g/mol. The van der Waals surface area contributed by atoms with E-state index in [1.54, 1.807) is 14.2 Å². The van der Waals surface area contributed by atoms with E-state index in [0.29, 0.717) is 30.6 Å². The lowest BCUT2D eigenvalue weighted by atomic mass is 9.80. The van der Waals surface area contributed by atoms with E-state index in [1.807, 2.05) is 0 Å². The molecule has 0 unspecified atom stereocenters. The Morgan fingerprint density at radius 3 is 2.45 bits per heavy atom. The van der Waals surface area contributed by atoms with Crippen LogP contribution in [0.3, 0.4) is 0 Å². The number of rotatable bonds is 3. The number of nitrogens with zero attached hydrogens (tertiary/aromatic N) is 1. The minimum absolute atomic E-state index is 0.192. The van der Waals surface area contributed by atoms with Crippen molar-refractivity contribution < 1.29 is 14.3 Å². The molecular formula is C18H25NO3. The molecule has 0 N–H and O–H groups in total. The minimum Gasteiger partial charge on any atom is -0.493 e. The van der Waals surface area contributed by atoms with Crippen LogP contribution in [0.2, 0.25) is 0 Å². The number of ether oxygens (including phenoxy) is 2. The maximum atomic E-state index is 12.2. The number of Topliss-reactive ketones (excluding diaryl/α,β-unsaturated/α-hetero) is 1. The number of methoxy groups -OCH3 is 2. The molecule has 2 aliphatic rings. The fraction of sp³-hybridized carbons (Fsp3) is 0.611. The number of carbonyl (C=O) groups is 1. The molecule has 0 amide bonds. The van der Waals surface area contributed by atoms with Crippen molar-refractivity contribution in [2.45, 2.75) is 45.2 Å². The highest BCUT2D eigenvalue weighted by Gasteiger charge is 2.40. The lowest BCUT2D eigenvalue weighted by molar-refractivity contribution is -0.127. The van der Waals surface area contributed by atoms with E-state index in [-0.39, 0.29) is 6.04 Å². The van der Waals surface area contributed by atoms with Gasteiger partial charge in [-0.3, -0.25) is 9.69 Å². The number of fused-ring (bicyclic) bond motifs is 3. The van der Waals surface area contributed by atoms with E-state index >= 15 is 0 Å². The Labute approximate surface area is 132 Å². The van der Waals surface area contributed by atoms with E-state index in [4.69, 9.17) is 9.47 Å². The maximum absolute atomic E-state index is 12.2. The van der Waals surface area contributed by atoms with Gasteiger partial charge in [0.1, 0.15) is 5.78 Å². The molecule has 4 heteroatoms. The van der Waals surface area contributed by atoms with Crippen LogP contribution in [0.1, 0.15) is 43.9 Å². The molecular weight excluding hydrogens is 278 g/mol. The predicted molar refractivity (Wildman–Crippen MR) is 85.6 cm³/mol. The second-order valence-corrected chi connectivity index (χ2v) is 6.67. The average Bonchev–Trinajstić information content (AvgIpc) is 2.52. The van der Waals surface area contributed by atoms with Gasteiger partial charge in [0.15, 0.2) is 11.5 Å². The van der Waals surface area contributed by atoms with Crippen LogP contribution in [0.5, 0.6) is 11.5 Å². The molecule has 1 aromatic carbocycles. The molecule has 1 fully saturated rings. The van der Waals surface area contributed by atoms with Gasteiger partial charge in [-0.25, -0.2) is 0 Å². The quantitative estimate of drug-likeness (QED) is 0.860. The Morgan fingerprint density at radius 2 is 1.82 bits per heavy atom. The molecule has 1 saturated heterocycles. The van der Waals surface area contributed by atoms with Gasteiger partial charge in [0.2, 0.25) is 0 Å². The Hall–Kier alpha value is -1.55. The van der Waals surface area contributed by atoms with Crippen LogP contribution in [0.4, 0.5) is 0 Å². The number of ketones is 1. The number of hydrogen-bond donors (Lipinski definition) is 0. The molecule has 0 aliphatic carbocycles. The molecule has 0 bridgehead atoms. The van der Waals surface area contributed by atoms with Gasteiger partial charge < -0.3 is 9.47 Å². The number of benzene rings is 1. The molecule has 0 radical (unpaired) electrons. The summed E-state index contributed by atoms with van der Waals surface area (Å²) >= 11 is 0. The zero-order chi connectivity index (χ0) is 15.9. The van der Waals surface area contributed by atoms with Crippen molar-refractivity contribution in [1.82, 2.24) is 4.90 Å². The van der Waals surface area contributed by atoms with Crippen LogP contribution < -0.4 is 9.47 Å². The highest BCUT2D eigenvalue weighted by Crippen LogP contribution is 2.43. The number of piperidine rings is 1. The van der Waals surface area contributed by atoms with Crippen LogP contribution >= 0.6 is 0 Å². The molecule has 0 aromatic heterocycles. The fourth-order valence-corrected chi connectivity index (χ4v) is 3.94. The van der Waals surface area contributed by atoms with E-state index in [2.05, 4.69) is 30.9 Å². The van der Waals surface area contributed by atoms with Crippen LogP contribution in [0, 0.1) is 5.92 Å². The Bertz CT molecular complexity index is 582. The van der Waals surface area contributed by atoms with Crippen LogP contribution in [-0.2, 0) is 11.2 Å². The molecule has 0 saturated carbocycles. The zero-order valence-corrected chi connectivity index (χ0v) is 13.9. The molecule has 0 spiro atoms. The third-order valence-corrected chi connectivity index (χ3v) is 5.10. The summed E-state index contributed by atoms with van der Waals surface area (Å²) in [6, 6.07) is 4.69. The molecule has 2 aliphatic heterocycles. The van der Waals surface area contributed by atoms with Crippen molar-refractivity contribution in [2.75, 3.05) is 20.8 Å². The Balaban J connectivity index is 2.03. The zero-order valence-electron chi connectivity index (χ0n) is 13.9. The standard InChI is InChI=1S/C18H25NO3/c1-11(2)15-8-13(20)9-16-14-10-18(22-4)17(21-3)7-12(14)5-6-19(15)16/h7,10-11,15-16H,5-6,8-9H2,1-4H3/t15-,16-/m1/s1. The molecule has 1 aromatic rings. The summed E-state index contributed by atoms with van der Waals surface area (Å²) in [5.74, 6) is 2.40. The smallest absolute Gasteiger partial charge is 0.161 e. The molecule has 2 heterocycles. The van der Waals surface area contributed by atoms with E-state index in [0.717, 1.165) is 24.5 Å². The lowest BCUT2D eigenvalue weighted by Gasteiger charge is -2.47. The SMILES string of the molecule is COc1cc2c(cc1OC)[C@H]1CC(=O)C[C@H](C(C)C)N1CC2. The third kappa shape index (κ3) is 2.50. The van der Waals surface area contributed by atoms with Gasteiger partial charge in [-0.15, -0.1) is 0 Å². The first kappa shape index (κ1) is 15.3. The summed E-state index contributed by atoms with van der Waals surface area (Å²) in [7, 11) is 3.33. The fourth-order valence-electron chi connectivity index (χ4n) is 3.94. The summed E-state index contributed by atoms with van der Waals surface area (Å²) in [4.78, 5) is 14.8. The van der Waals surface area contributed by atoms with Crippen molar-refractivity contribution in [2.24, 2.45) is 5.92 Å². The predicted octanol–water partition coefficient (Wildman–Crippen LogP) is 2.99. The highest BCUT2D eigenvalue weighted by molar-refractivity contribution is 5.81. The second kappa shape index (κ2) is 5.92. The first-order valence-corrected chi connectivity index (χ1v) is 8.07. The summed E-state index contributed by atoms with van der Waals surface area (Å²) < 4.78 is 10.9. The normalized spacial score (nSPS) is 24.9. The lowest BCUT2D eigenvalue weighted by Crippen LogP contribution is -2.50. The van der Waals surface area contributed by atoms with E-state index in [1.165, 1.54) is 11.1 Å². The van der Waals surface area contributed by atoms with Gasteiger partial charge in [0, 0.05) is 31.5 Å². The first-order chi connectivity index (χ1) is 10.5. The van der Waals surface area contributed by atoms with Gasteiger partial charge in [-0.1, -0.05) is 13.8 Å². The molecule has 2 atom stereocenters. The summed E-state index contributed by atoms with van der Waals surface area (Å²) in [5.41, 5.74) is 2.53. The molecule has 4 nitrogen and oxygen atoms in total. The third-order valence-electron chi connectivity index (χ3n) is 5.10. The van der Waals surface area contributed by atoms with Crippen molar-refractivity contribution in [3.63, 3.8) is 0 Å². The van der Waals surface area contributed by atoms with Gasteiger partial charge in [-0.2, -0.15) is 0 Å². The van der Waals surface area contributed by atoms with Crippen LogP contribution in [-0.4, -0.2) is 37.5 Å². The highest BCUT2D eigenvalue weighted by atomic mass is 16.5. The van der Waals surface area contributed by atoms with Crippen LogP contribution in [0.25, 0.3) is 0 Å². The Kier molecular flexibility index (Phi) is 4.13. The Morgan fingerprint density at radius 1 is 1.14 bits per heavy atom. The average molecular weight is 303 g/mol. The topological polar surface area (TPSA) is 38.8 Å². The number of hydrogen-bond acceptors (Lipinski definition) is 4. The van der Waals surface area contributed by atoms with Gasteiger partial charge in [-0.05, 0) is 35.6 Å². The van der Waals surface area contributed by atoms with Crippen molar-refractivity contribution in [1.29, 1.82) is 0 Å². The molecule has 3 rings (SSSR count). The maximum Gasteiger partial charge on any atom is 0.161 e. The summed E-state index contributed by atoms with van der Waals surface area (Å²) in [5, 5.41) is 0. The van der Waals surface area contributed by atoms with Crippen molar-refractivity contribution in [3.05, 3.63) is 23.3 Å². The second-order valence-electron chi connectivity index (χ2n) is 6.67. The van der Waals surface area contributed by atoms with Crippen molar-refractivity contribution >= 4 is 5.78 Å². The molecule has 22 heavy (non-hydrogen) atoms. The van der Waals surface area contributed by atoms with Crippen LogP contribution in [0.15, 0.2) is 12.1 Å². The summed E-state index contributed by atoms with van der Waals surface area (Å²) in [6.07, 6.45) is 2.31. The van der Waals surface area contributed by atoms with Gasteiger partial charge in [0.05, 0.1) is 14.2 Å². The largest absolute Gasteiger partial charge is 0.493 e. The van der Waals surface area contributed by atoms with E-state index < -0.39 is 0 Å².